The first kappa shape index (κ1) is 17.2. The van der Waals surface area contributed by atoms with Gasteiger partial charge >= 0.3 is 12.4 Å². The van der Waals surface area contributed by atoms with Crippen LogP contribution in [0.3, 0.4) is 0 Å². The van der Waals surface area contributed by atoms with Gasteiger partial charge in [-0.2, -0.15) is 31.0 Å². The van der Waals surface area contributed by atoms with Crippen molar-refractivity contribution in [3.05, 3.63) is 34.9 Å². The second-order valence-electron chi connectivity index (χ2n) is 4.72. The van der Waals surface area contributed by atoms with Crippen LogP contribution in [0.25, 0.3) is 16.9 Å². The van der Waals surface area contributed by atoms with Gasteiger partial charge in [-0.3, -0.25) is 0 Å². The number of alkyl halides is 6. The van der Waals surface area contributed by atoms with E-state index in [1.807, 2.05) is 0 Å². The predicted molar refractivity (Wildman–Crippen MR) is 73.9 cm³/mol. The number of nitrogens with zero attached hydrogens (tertiary/aromatic N) is 5. The largest absolute Gasteiger partial charge is 0.451 e. The molecule has 25 heavy (non-hydrogen) atoms. The Morgan fingerprint density at radius 1 is 1.00 bits per heavy atom. The highest BCUT2D eigenvalue weighted by Crippen LogP contribution is 2.38. The third kappa shape index (κ3) is 3.04. The standard InChI is InChI=1S/C12H5ClF6N6/c13-4-1-2-5(21-3-4)25-8(20)6-7(11(14,15)16)22-10(12(17,18)19)23-9(6)24-25/h1-3H,20H2. The lowest BCUT2D eigenvalue weighted by Crippen LogP contribution is -2.17. The van der Waals surface area contributed by atoms with Gasteiger partial charge in [-0.15, -0.1) is 5.10 Å². The van der Waals surface area contributed by atoms with Gasteiger partial charge in [-0.05, 0) is 12.1 Å². The van der Waals surface area contributed by atoms with Crippen molar-refractivity contribution in [1.29, 1.82) is 0 Å². The van der Waals surface area contributed by atoms with Gasteiger partial charge in [0.15, 0.2) is 17.2 Å². The molecule has 3 aromatic rings. The van der Waals surface area contributed by atoms with Crippen molar-refractivity contribution in [3.63, 3.8) is 0 Å². The molecule has 2 N–H and O–H groups in total. The van der Waals surface area contributed by atoms with Crippen molar-refractivity contribution in [2.45, 2.75) is 12.4 Å². The van der Waals surface area contributed by atoms with Gasteiger partial charge in [0.05, 0.1) is 10.4 Å². The van der Waals surface area contributed by atoms with Crippen molar-refractivity contribution in [2.24, 2.45) is 0 Å². The van der Waals surface area contributed by atoms with Crippen molar-refractivity contribution >= 4 is 28.5 Å². The molecule has 6 nitrogen and oxygen atoms in total. The second kappa shape index (κ2) is 5.44. The Hall–Kier alpha value is -2.63. The van der Waals surface area contributed by atoms with Gasteiger partial charge in [0.2, 0.25) is 5.82 Å². The Balaban J connectivity index is 2.34. The van der Waals surface area contributed by atoms with Crippen LogP contribution < -0.4 is 5.73 Å². The van der Waals surface area contributed by atoms with Gasteiger partial charge in [-0.25, -0.2) is 15.0 Å². The van der Waals surface area contributed by atoms with Crippen LogP contribution in [0.1, 0.15) is 11.5 Å². The van der Waals surface area contributed by atoms with Crippen molar-refractivity contribution in [1.82, 2.24) is 24.7 Å². The fourth-order valence-electron chi connectivity index (χ4n) is 2.01. The molecule has 0 unspecified atom stereocenters. The summed E-state index contributed by atoms with van der Waals surface area (Å²) in [5, 5.41) is 2.98. The molecule has 0 fully saturated rings. The summed E-state index contributed by atoms with van der Waals surface area (Å²) in [6.45, 7) is 0. The summed E-state index contributed by atoms with van der Waals surface area (Å²) in [5.74, 6) is -2.63. The highest BCUT2D eigenvalue weighted by molar-refractivity contribution is 6.30. The SMILES string of the molecule is Nc1c2c(C(F)(F)F)nc(C(F)(F)F)nc2nn1-c1ccc(Cl)cn1. The molecule has 0 amide bonds. The Labute approximate surface area is 139 Å². The quantitative estimate of drug-likeness (QED) is 0.651. The van der Waals surface area contributed by atoms with Crippen LogP contribution in [0.4, 0.5) is 32.2 Å². The van der Waals surface area contributed by atoms with Gasteiger partial charge in [-0.1, -0.05) is 11.6 Å². The summed E-state index contributed by atoms with van der Waals surface area (Å²) >= 11 is 5.65. The number of fused-ring (bicyclic) bond motifs is 1. The van der Waals surface area contributed by atoms with E-state index >= 15 is 0 Å². The number of nitrogen functional groups attached to an aromatic ring is 1. The van der Waals surface area contributed by atoms with Gasteiger partial charge < -0.3 is 5.73 Å². The average Bonchev–Trinajstić information content (AvgIpc) is 2.82. The van der Waals surface area contributed by atoms with Crippen LogP contribution in [0.5, 0.6) is 0 Å². The number of aromatic nitrogens is 5. The van der Waals surface area contributed by atoms with Gasteiger partial charge in [0.25, 0.3) is 0 Å². The van der Waals surface area contributed by atoms with Crippen LogP contribution in [0, 0.1) is 0 Å². The average molecular weight is 383 g/mol. The maximum absolute atomic E-state index is 13.1. The smallest absolute Gasteiger partial charge is 0.383 e. The maximum atomic E-state index is 13.1. The van der Waals surface area contributed by atoms with E-state index in [1.165, 1.54) is 18.3 Å². The molecule has 0 radical (unpaired) electrons. The van der Waals surface area contributed by atoms with Crippen molar-refractivity contribution in [3.8, 4) is 5.82 Å². The molecular weight excluding hydrogens is 378 g/mol. The first-order valence-electron chi connectivity index (χ1n) is 6.31. The Bertz CT molecular complexity index is 946. The number of rotatable bonds is 1. The number of hydrogen-bond acceptors (Lipinski definition) is 5. The second-order valence-corrected chi connectivity index (χ2v) is 5.16. The predicted octanol–water partition coefficient (Wildman–Crippen LogP) is 3.48. The topological polar surface area (TPSA) is 82.5 Å². The molecule has 3 aromatic heterocycles. The molecule has 0 saturated carbocycles. The van der Waals surface area contributed by atoms with E-state index in [2.05, 4.69) is 20.1 Å². The number of anilines is 1. The summed E-state index contributed by atoms with van der Waals surface area (Å²) in [7, 11) is 0. The van der Waals surface area contributed by atoms with Crippen LogP contribution in [-0.2, 0) is 12.4 Å². The van der Waals surface area contributed by atoms with Crippen LogP contribution >= 0.6 is 11.6 Å². The fourth-order valence-corrected chi connectivity index (χ4v) is 2.12. The van der Waals surface area contributed by atoms with Crippen LogP contribution in [-0.4, -0.2) is 24.7 Å². The lowest BCUT2D eigenvalue weighted by molar-refractivity contribution is -0.151. The molecule has 13 heteroatoms. The van der Waals surface area contributed by atoms with E-state index in [9.17, 15) is 26.3 Å². The molecule has 3 heterocycles. The molecule has 0 spiro atoms. The Kier molecular flexibility index (Phi) is 3.74. The summed E-state index contributed by atoms with van der Waals surface area (Å²) < 4.78 is 78.5. The summed E-state index contributed by atoms with van der Waals surface area (Å²) in [5.41, 5.74) is 2.94. The summed E-state index contributed by atoms with van der Waals surface area (Å²) in [6, 6.07) is 2.63. The van der Waals surface area contributed by atoms with E-state index in [0.29, 0.717) is 0 Å². The Morgan fingerprint density at radius 2 is 1.68 bits per heavy atom. The number of hydrogen-bond donors (Lipinski definition) is 1. The number of halogens is 7. The number of pyridine rings is 1. The molecule has 0 bridgehead atoms. The van der Waals surface area contributed by atoms with Crippen molar-refractivity contribution < 1.29 is 26.3 Å². The lowest BCUT2D eigenvalue weighted by Gasteiger charge is -2.10. The third-order valence-electron chi connectivity index (χ3n) is 3.02. The zero-order valence-corrected chi connectivity index (χ0v) is 12.4. The molecule has 0 aromatic carbocycles. The Morgan fingerprint density at radius 3 is 2.20 bits per heavy atom. The normalized spacial score (nSPS) is 12.8. The van der Waals surface area contributed by atoms with Gasteiger partial charge in [0, 0.05) is 6.20 Å². The van der Waals surface area contributed by atoms with E-state index in [0.717, 1.165) is 4.68 Å². The minimum absolute atomic E-state index is 0.0541. The van der Waals surface area contributed by atoms with E-state index in [-0.39, 0.29) is 10.8 Å². The molecule has 3 rings (SSSR count). The summed E-state index contributed by atoms with van der Waals surface area (Å²) in [4.78, 5) is 9.44. The monoisotopic (exact) mass is 382 g/mol. The molecule has 0 aliphatic heterocycles. The highest BCUT2D eigenvalue weighted by Gasteiger charge is 2.43. The molecule has 0 aliphatic rings. The van der Waals surface area contributed by atoms with Crippen molar-refractivity contribution in [2.75, 3.05) is 5.73 Å². The zero-order valence-electron chi connectivity index (χ0n) is 11.7. The number of nitrogens with two attached hydrogens (primary N) is 1. The minimum Gasteiger partial charge on any atom is -0.383 e. The third-order valence-corrected chi connectivity index (χ3v) is 3.24. The van der Waals surface area contributed by atoms with E-state index < -0.39 is 40.7 Å². The lowest BCUT2D eigenvalue weighted by atomic mass is 10.2. The highest BCUT2D eigenvalue weighted by atomic mass is 35.5. The summed E-state index contributed by atoms with van der Waals surface area (Å²) in [6.07, 6.45) is -9.22. The molecule has 0 aliphatic carbocycles. The minimum atomic E-state index is -5.20. The van der Waals surface area contributed by atoms with E-state index in [4.69, 9.17) is 17.3 Å². The molecule has 0 atom stereocenters. The fraction of sp³-hybridized carbons (Fsp3) is 0.167. The molecule has 132 valence electrons. The van der Waals surface area contributed by atoms with Crippen LogP contribution in [0.15, 0.2) is 18.3 Å². The van der Waals surface area contributed by atoms with Gasteiger partial charge in [0.1, 0.15) is 5.82 Å². The molecular formula is C12H5ClF6N6. The first-order valence-corrected chi connectivity index (χ1v) is 6.69. The zero-order chi connectivity index (χ0) is 18.6. The maximum Gasteiger partial charge on any atom is 0.451 e. The first-order chi connectivity index (χ1) is 11.5. The van der Waals surface area contributed by atoms with E-state index in [1.54, 1.807) is 0 Å². The molecule has 0 saturated heterocycles. The van der Waals surface area contributed by atoms with Crippen LogP contribution in [0.2, 0.25) is 5.02 Å².